The summed E-state index contributed by atoms with van der Waals surface area (Å²) in [5.74, 6) is -1.03. The highest BCUT2D eigenvalue weighted by molar-refractivity contribution is 6.07. The largest absolute Gasteiger partial charge is 0.462 e. The van der Waals surface area contributed by atoms with Crippen molar-refractivity contribution >= 4 is 29.3 Å². The van der Waals surface area contributed by atoms with E-state index in [9.17, 15) is 14.4 Å². The van der Waals surface area contributed by atoms with Crippen LogP contribution in [-0.4, -0.2) is 31.2 Å². The average Bonchev–Trinajstić information content (AvgIpc) is 2.71. The number of anilines is 2. The number of rotatable bonds is 8. The summed E-state index contributed by atoms with van der Waals surface area (Å²) in [7, 11) is 0. The molecule has 2 aromatic rings. The summed E-state index contributed by atoms with van der Waals surface area (Å²) in [5.41, 5.74) is 1.13. The Labute approximate surface area is 164 Å². The van der Waals surface area contributed by atoms with Gasteiger partial charge < -0.3 is 20.1 Å². The molecular formula is C21H24N2O5. The zero-order chi connectivity index (χ0) is 20.4. The number of ether oxygens (including phenoxy) is 2. The van der Waals surface area contributed by atoms with Gasteiger partial charge in [-0.25, -0.2) is 14.4 Å². The minimum absolute atomic E-state index is 0.252. The highest BCUT2D eigenvalue weighted by atomic mass is 16.5. The lowest BCUT2D eigenvalue weighted by Gasteiger charge is -2.13. The fraction of sp³-hybridized carbons (Fsp3) is 0.286. The molecule has 2 amide bonds. The summed E-state index contributed by atoms with van der Waals surface area (Å²) in [6, 6.07) is 12.5. The molecule has 0 aromatic heterocycles. The molecule has 0 aliphatic heterocycles. The Bertz CT molecular complexity index is 768. The molecule has 0 heterocycles. The van der Waals surface area contributed by atoms with E-state index < -0.39 is 18.0 Å². The zero-order valence-electron chi connectivity index (χ0n) is 16.0. The Morgan fingerprint density at radius 2 is 1.11 bits per heavy atom. The monoisotopic (exact) mass is 384 g/mol. The standard InChI is InChI=1S/C21H24N2O5/c1-3-13-27-19(24)15-9-5-7-11-17(15)22-21(26)23-18-12-8-6-10-16(18)20(25)28-14-4-2/h5-12H,3-4,13-14H2,1-2H3,(H2,22,23,26). The Hall–Kier alpha value is -3.35. The molecule has 0 spiro atoms. The minimum atomic E-state index is -0.591. The number of carbonyl (C=O) groups excluding carboxylic acids is 3. The van der Waals surface area contributed by atoms with Crippen molar-refractivity contribution in [3.8, 4) is 0 Å². The Kier molecular flexibility index (Phi) is 8.02. The highest BCUT2D eigenvalue weighted by Gasteiger charge is 2.17. The SMILES string of the molecule is CCCOC(=O)c1ccccc1NC(=O)Nc1ccccc1C(=O)OCCC. The van der Waals surface area contributed by atoms with E-state index in [1.807, 2.05) is 13.8 Å². The van der Waals surface area contributed by atoms with Crippen molar-refractivity contribution in [3.63, 3.8) is 0 Å². The third kappa shape index (κ3) is 5.84. The summed E-state index contributed by atoms with van der Waals surface area (Å²) >= 11 is 0. The predicted octanol–water partition coefficient (Wildman–Crippen LogP) is 4.46. The van der Waals surface area contributed by atoms with Gasteiger partial charge >= 0.3 is 18.0 Å². The Balaban J connectivity index is 2.12. The highest BCUT2D eigenvalue weighted by Crippen LogP contribution is 2.19. The number of amides is 2. The van der Waals surface area contributed by atoms with Crippen LogP contribution in [0.3, 0.4) is 0 Å². The fourth-order valence-corrected chi connectivity index (χ4v) is 2.36. The van der Waals surface area contributed by atoms with Gasteiger partial charge in [0.05, 0.1) is 35.7 Å². The van der Waals surface area contributed by atoms with Gasteiger partial charge in [-0.2, -0.15) is 0 Å². The Morgan fingerprint density at radius 3 is 1.50 bits per heavy atom. The number of carbonyl (C=O) groups is 3. The normalized spacial score (nSPS) is 10.1. The van der Waals surface area contributed by atoms with Gasteiger partial charge in [-0.1, -0.05) is 38.1 Å². The van der Waals surface area contributed by atoms with E-state index in [1.165, 1.54) is 0 Å². The van der Waals surface area contributed by atoms with Gasteiger partial charge in [0.15, 0.2) is 0 Å². The summed E-state index contributed by atoms with van der Waals surface area (Å²) in [4.78, 5) is 36.7. The molecule has 0 unspecified atom stereocenters. The molecule has 2 aromatic carbocycles. The molecule has 148 valence electrons. The van der Waals surface area contributed by atoms with Crippen molar-refractivity contribution in [2.45, 2.75) is 26.7 Å². The molecule has 2 N–H and O–H groups in total. The molecule has 7 nitrogen and oxygen atoms in total. The number of esters is 2. The lowest BCUT2D eigenvalue weighted by atomic mass is 10.1. The molecule has 0 aliphatic carbocycles. The molecule has 0 fully saturated rings. The smallest absolute Gasteiger partial charge is 0.340 e. The number of hydrogen-bond donors (Lipinski definition) is 2. The van der Waals surface area contributed by atoms with Crippen LogP contribution in [-0.2, 0) is 9.47 Å². The molecule has 0 bridgehead atoms. The molecule has 0 saturated heterocycles. The van der Waals surface area contributed by atoms with Crippen molar-refractivity contribution < 1.29 is 23.9 Å². The molecule has 0 radical (unpaired) electrons. The summed E-state index contributed by atoms with van der Waals surface area (Å²) in [6.07, 6.45) is 1.40. The van der Waals surface area contributed by atoms with Crippen molar-refractivity contribution in [1.29, 1.82) is 0 Å². The first kappa shape index (κ1) is 21.0. The molecular weight excluding hydrogens is 360 g/mol. The van der Waals surface area contributed by atoms with E-state index in [-0.39, 0.29) is 11.1 Å². The van der Waals surface area contributed by atoms with Crippen molar-refractivity contribution in [1.82, 2.24) is 0 Å². The van der Waals surface area contributed by atoms with Gasteiger partial charge in [-0.3, -0.25) is 0 Å². The zero-order valence-corrected chi connectivity index (χ0v) is 16.0. The van der Waals surface area contributed by atoms with E-state index >= 15 is 0 Å². The van der Waals surface area contributed by atoms with Crippen LogP contribution in [0.5, 0.6) is 0 Å². The quantitative estimate of drug-likeness (QED) is 0.655. The van der Waals surface area contributed by atoms with Crippen LogP contribution in [0.25, 0.3) is 0 Å². The van der Waals surface area contributed by atoms with Gasteiger partial charge in [0.2, 0.25) is 0 Å². The van der Waals surface area contributed by atoms with Gasteiger partial charge in [0, 0.05) is 0 Å². The van der Waals surface area contributed by atoms with Crippen LogP contribution >= 0.6 is 0 Å². The van der Waals surface area contributed by atoms with Gasteiger partial charge in [0.25, 0.3) is 0 Å². The summed E-state index contributed by atoms with van der Waals surface area (Å²) < 4.78 is 10.3. The third-order valence-corrected chi connectivity index (χ3v) is 3.66. The second kappa shape index (κ2) is 10.7. The molecule has 7 heteroatoms. The average molecular weight is 384 g/mol. The number of para-hydroxylation sites is 2. The third-order valence-electron chi connectivity index (χ3n) is 3.66. The topological polar surface area (TPSA) is 93.7 Å². The first-order valence-electron chi connectivity index (χ1n) is 9.17. The molecule has 28 heavy (non-hydrogen) atoms. The number of benzene rings is 2. The minimum Gasteiger partial charge on any atom is -0.462 e. The van der Waals surface area contributed by atoms with Gasteiger partial charge in [-0.05, 0) is 37.1 Å². The van der Waals surface area contributed by atoms with Gasteiger partial charge in [0.1, 0.15) is 0 Å². The van der Waals surface area contributed by atoms with Crippen LogP contribution < -0.4 is 10.6 Å². The number of hydrogen-bond acceptors (Lipinski definition) is 5. The first-order valence-corrected chi connectivity index (χ1v) is 9.17. The maximum Gasteiger partial charge on any atom is 0.340 e. The molecule has 2 rings (SSSR count). The number of urea groups is 1. The van der Waals surface area contributed by atoms with Crippen LogP contribution in [0, 0.1) is 0 Å². The van der Waals surface area contributed by atoms with Gasteiger partial charge in [-0.15, -0.1) is 0 Å². The van der Waals surface area contributed by atoms with Crippen LogP contribution in [0.15, 0.2) is 48.5 Å². The first-order chi connectivity index (χ1) is 13.6. The molecule has 0 saturated carbocycles. The fourth-order valence-electron chi connectivity index (χ4n) is 2.36. The number of nitrogens with one attached hydrogen (secondary N) is 2. The van der Waals surface area contributed by atoms with Crippen molar-refractivity contribution in [3.05, 3.63) is 59.7 Å². The lowest BCUT2D eigenvalue weighted by molar-refractivity contribution is 0.0497. The molecule has 0 atom stereocenters. The van der Waals surface area contributed by atoms with Crippen molar-refractivity contribution in [2.75, 3.05) is 23.8 Å². The maximum atomic E-state index is 12.4. The van der Waals surface area contributed by atoms with E-state index in [0.29, 0.717) is 37.4 Å². The van der Waals surface area contributed by atoms with E-state index in [1.54, 1.807) is 48.5 Å². The summed E-state index contributed by atoms with van der Waals surface area (Å²) in [6.45, 7) is 4.39. The Morgan fingerprint density at radius 1 is 0.714 bits per heavy atom. The van der Waals surface area contributed by atoms with E-state index in [2.05, 4.69) is 10.6 Å². The summed E-state index contributed by atoms with van der Waals surface area (Å²) in [5, 5.41) is 5.25. The van der Waals surface area contributed by atoms with Crippen LogP contribution in [0.4, 0.5) is 16.2 Å². The van der Waals surface area contributed by atoms with E-state index in [4.69, 9.17) is 9.47 Å². The second-order valence-corrected chi connectivity index (χ2v) is 5.94. The lowest BCUT2D eigenvalue weighted by Crippen LogP contribution is -2.23. The van der Waals surface area contributed by atoms with Crippen LogP contribution in [0.2, 0.25) is 0 Å². The van der Waals surface area contributed by atoms with Crippen LogP contribution in [0.1, 0.15) is 47.4 Å². The second-order valence-electron chi connectivity index (χ2n) is 5.94. The predicted molar refractivity (Wildman–Crippen MR) is 107 cm³/mol. The maximum absolute atomic E-state index is 12.4. The van der Waals surface area contributed by atoms with Crippen molar-refractivity contribution in [2.24, 2.45) is 0 Å². The van der Waals surface area contributed by atoms with E-state index in [0.717, 1.165) is 0 Å². The molecule has 0 aliphatic rings.